The summed E-state index contributed by atoms with van der Waals surface area (Å²) >= 11 is 0. The Morgan fingerprint density at radius 2 is 1.50 bits per heavy atom. The van der Waals surface area contributed by atoms with Crippen LogP contribution in [0.15, 0.2) is 0 Å². The van der Waals surface area contributed by atoms with Crippen LogP contribution >= 0.6 is 0 Å². The van der Waals surface area contributed by atoms with E-state index < -0.39 is 0 Å². The van der Waals surface area contributed by atoms with Crippen molar-refractivity contribution in [3.8, 4) is 0 Å². The molecule has 0 nitrogen and oxygen atoms in total. The summed E-state index contributed by atoms with van der Waals surface area (Å²) in [5.74, 6) is 4.62. The molecule has 1 heteroatoms. The van der Waals surface area contributed by atoms with Crippen LogP contribution in [-0.2, 0) is 0 Å². The van der Waals surface area contributed by atoms with E-state index in [9.17, 15) is 0 Å². The van der Waals surface area contributed by atoms with Gasteiger partial charge in [0.05, 0.1) is 0 Å². The van der Waals surface area contributed by atoms with Crippen LogP contribution in [0.25, 0.3) is 0 Å². The maximum Gasteiger partial charge on any atom is 0.110 e. The van der Waals surface area contributed by atoms with Gasteiger partial charge in [0.25, 0.3) is 0 Å². The van der Waals surface area contributed by atoms with Gasteiger partial charge in [0.1, 0.15) is 7.28 Å². The van der Waals surface area contributed by atoms with Crippen molar-refractivity contribution in [3.63, 3.8) is 0 Å². The minimum absolute atomic E-state index is 1.15. The van der Waals surface area contributed by atoms with Gasteiger partial charge in [0.2, 0.25) is 0 Å². The molecule has 0 amide bonds. The third-order valence-electron chi connectivity index (χ3n) is 4.15. The molecule has 3 fully saturated rings. The van der Waals surface area contributed by atoms with E-state index in [4.69, 9.17) is 0 Å². The lowest BCUT2D eigenvalue weighted by molar-refractivity contribution is 0.276. The van der Waals surface area contributed by atoms with Gasteiger partial charge in [-0.1, -0.05) is 12.6 Å². The summed E-state index contributed by atoms with van der Waals surface area (Å²) in [4.78, 5) is 0. The highest BCUT2D eigenvalue weighted by Crippen LogP contribution is 2.57. The maximum absolute atomic E-state index is 2.54. The molecule has 10 heavy (non-hydrogen) atoms. The molecule has 1 heterocycles. The molecule has 0 aromatic heterocycles. The van der Waals surface area contributed by atoms with Crippen LogP contribution in [0.5, 0.6) is 0 Å². The second kappa shape index (κ2) is 1.81. The Kier molecular flexibility index (Phi) is 1.03. The lowest BCUT2D eigenvalue weighted by atomic mass is 9.73. The van der Waals surface area contributed by atoms with E-state index in [1.165, 1.54) is 12.6 Å². The monoisotopic (exact) mass is 133 g/mol. The van der Waals surface area contributed by atoms with E-state index in [-0.39, 0.29) is 0 Å². The first-order valence-electron chi connectivity index (χ1n) is 4.77. The molecule has 1 saturated heterocycles. The molecule has 0 aromatic rings. The van der Waals surface area contributed by atoms with Crippen LogP contribution in [0, 0.1) is 23.7 Å². The maximum atomic E-state index is 2.54. The van der Waals surface area contributed by atoms with Crippen LogP contribution in [0.4, 0.5) is 0 Å². The summed E-state index contributed by atoms with van der Waals surface area (Å²) in [6.07, 6.45) is 7.67. The molecular formula is C9H14B. The van der Waals surface area contributed by atoms with E-state index in [1.54, 1.807) is 19.3 Å². The third-order valence-corrected chi connectivity index (χ3v) is 4.15. The topological polar surface area (TPSA) is 0 Å². The molecule has 3 aliphatic rings. The Hall–Kier alpha value is 0.0649. The van der Waals surface area contributed by atoms with Gasteiger partial charge in [-0.3, -0.25) is 0 Å². The molecule has 4 unspecified atom stereocenters. The smallest absolute Gasteiger partial charge is 0.0770 e. The SMILES string of the molecule is [B]1CC2C3CCC(C3)C2C1. The predicted octanol–water partition coefficient (Wildman–Crippen LogP) is 2.20. The standard InChI is InChI=1S/C9H14B/c1-2-7-3-6(1)8-4-10-5-9(7)8/h6-9H,1-5H2. The first kappa shape index (κ1) is 5.68. The average molecular weight is 133 g/mol. The molecule has 1 radical (unpaired) electrons. The summed E-state index contributed by atoms with van der Waals surface area (Å²) in [6.45, 7) is 0. The fourth-order valence-electron chi connectivity index (χ4n) is 3.75. The van der Waals surface area contributed by atoms with Gasteiger partial charge in [-0.15, -0.1) is 0 Å². The molecule has 0 N–H and O–H groups in total. The molecule has 53 valence electrons. The van der Waals surface area contributed by atoms with Crippen molar-refractivity contribution in [2.45, 2.75) is 31.9 Å². The van der Waals surface area contributed by atoms with Crippen molar-refractivity contribution in [3.05, 3.63) is 0 Å². The van der Waals surface area contributed by atoms with E-state index in [1.807, 2.05) is 0 Å². The Morgan fingerprint density at radius 1 is 0.900 bits per heavy atom. The quantitative estimate of drug-likeness (QED) is 0.444. The molecule has 0 spiro atoms. The fourth-order valence-corrected chi connectivity index (χ4v) is 3.75. The van der Waals surface area contributed by atoms with E-state index >= 15 is 0 Å². The normalized spacial score (nSPS) is 56.8. The predicted molar refractivity (Wildman–Crippen MR) is 43.2 cm³/mol. The third kappa shape index (κ3) is 0.550. The average Bonchev–Trinajstić information content (AvgIpc) is 2.60. The van der Waals surface area contributed by atoms with Gasteiger partial charge in [-0.2, -0.15) is 0 Å². The van der Waals surface area contributed by atoms with Gasteiger partial charge in [-0.25, -0.2) is 0 Å². The summed E-state index contributed by atoms with van der Waals surface area (Å²) in [5, 5.41) is 0. The van der Waals surface area contributed by atoms with E-state index in [0.29, 0.717) is 0 Å². The lowest BCUT2D eigenvalue weighted by Gasteiger charge is -2.24. The lowest BCUT2D eigenvalue weighted by Crippen LogP contribution is -2.15. The number of hydrogen-bond donors (Lipinski definition) is 0. The molecule has 2 bridgehead atoms. The van der Waals surface area contributed by atoms with Crippen LogP contribution in [-0.4, -0.2) is 7.28 Å². The summed E-state index contributed by atoms with van der Waals surface area (Å²) in [7, 11) is 2.54. The van der Waals surface area contributed by atoms with Crippen molar-refractivity contribution in [1.82, 2.24) is 0 Å². The molecular weight excluding hydrogens is 119 g/mol. The van der Waals surface area contributed by atoms with Gasteiger partial charge < -0.3 is 0 Å². The molecule has 2 aliphatic carbocycles. The minimum Gasteiger partial charge on any atom is -0.0770 e. The van der Waals surface area contributed by atoms with Gasteiger partial charge in [-0.05, 0) is 42.9 Å². The molecule has 3 rings (SSSR count). The largest absolute Gasteiger partial charge is 0.110 e. The summed E-state index contributed by atoms with van der Waals surface area (Å²) in [6, 6.07) is 0. The van der Waals surface area contributed by atoms with E-state index in [0.717, 1.165) is 23.7 Å². The Bertz CT molecular complexity index is 139. The second-order valence-corrected chi connectivity index (χ2v) is 4.42. The Morgan fingerprint density at radius 3 is 2.10 bits per heavy atom. The highest BCUT2D eigenvalue weighted by molar-refractivity contribution is 6.36. The first-order chi connectivity index (χ1) is 4.95. The Labute approximate surface area is 63.6 Å². The van der Waals surface area contributed by atoms with Crippen LogP contribution in [0.1, 0.15) is 19.3 Å². The zero-order valence-electron chi connectivity index (χ0n) is 6.42. The second-order valence-electron chi connectivity index (χ2n) is 4.42. The highest BCUT2D eigenvalue weighted by atomic mass is 14.5. The van der Waals surface area contributed by atoms with Crippen molar-refractivity contribution >= 4 is 7.28 Å². The van der Waals surface area contributed by atoms with Gasteiger partial charge in [0.15, 0.2) is 0 Å². The zero-order chi connectivity index (χ0) is 6.55. The van der Waals surface area contributed by atoms with Crippen LogP contribution in [0.3, 0.4) is 0 Å². The molecule has 0 aromatic carbocycles. The van der Waals surface area contributed by atoms with Crippen molar-refractivity contribution in [2.75, 3.05) is 0 Å². The van der Waals surface area contributed by atoms with Gasteiger partial charge in [0, 0.05) is 0 Å². The summed E-state index contributed by atoms with van der Waals surface area (Å²) in [5.41, 5.74) is 0. The van der Waals surface area contributed by atoms with Crippen LogP contribution < -0.4 is 0 Å². The first-order valence-corrected chi connectivity index (χ1v) is 4.77. The summed E-state index contributed by atoms with van der Waals surface area (Å²) < 4.78 is 0. The molecule has 2 saturated carbocycles. The zero-order valence-corrected chi connectivity index (χ0v) is 6.42. The van der Waals surface area contributed by atoms with Crippen molar-refractivity contribution in [2.24, 2.45) is 23.7 Å². The highest BCUT2D eigenvalue weighted by Gasteiger charge is 2.48. The Balaban J connectivity index is 1.92. The molecule has 4 atom stereocenters. The van der Waals surface area contributed by atoms with Crippen molar-refractivity contribution in [1.29, 1.82) is 0 Å². The van der Waals surface area contributed by atoms with Crippen molar-refractivity contribution < 1.29 is 0 Å². The number of hydrogen-bond acceptors (Lipinski definition) is 0. The fraction of sp³-hybridized carbons (Fsp3) is 1.00. The number of fused-ring (bicyclic) bond motifs is 5. The van der Waals surface area contributed by atoms with Crippen LogP contribution in [0.2, 0.25) is 12.6 Å². The number of rotatable bonds is 0. The minimum atomic E-state index is 1.15. The van der Waals surface area contributed by atoms with Gasteiger partial charge >= 0.3 is 0 Å². The van der Waals surface area contributed by atoms with E-state index in [2.05, 4.69) is 7.28 Å². The molecule has 1 aliphatic heterocycles.